The van der Waals surface area contributed by atoms with E-state index in [0.29, 0.717) is 5.52 Å². The van der Waals surface area contributed by atoms with Gasteiger partial charge in [0.1, 0.15) is 17.2 Å². The maximum absolute atomic E-state index is 11.9. The molecule has 130 valence electrons. The molecule has 7 heteroatoms. The van der Waals surface area contributed by atoms with Gasteiger partial charge in [-0.15, -0.1) is 0 Å². The fourth-order valence-electron chi connectivity index (χ4n) is 2.77. The van der Waals surface area contributed by atoms with Crippen molar-refractivity contribution in [2.75, 3.05) is 18.0 Å². The number of pyridine rings is 1. The van der Waals surface area contributed by atoms with Crippen LogP contribution < -0.4 is 4.90 Å². The molecule has 3 heterocycles. The van der Waals surface area contributed by atoms with Gasteiger partial charge in [-0.3, -0.25) is 0 Å². The summed E-state index contributed by atoms with van der Waals surface area (Å²) < 4.78 is 25.5. The molecule has 1 aliphatic rings. The maximum Gasteiger partial charge on any atom is 0.339 e. The molecule has 5 nitrogen and oxygen atoms in total. The second-order valence-electron chi connectivity index (χ2n) is 5.71. The molecule has 0 atom stereocenters. The lowest BCUT2D eigenvalue weighted by Gasteiger charge is -2.17. The molecule has 1 fully saturated rings. The Labute approximate surface area is 143 Å². The zero-order valence-corrected chi connectivity index (χ0v) is 13.4. The van der Waals surface area contributed by atoms with E-state index in [9.17, 15) is 13.6 Å². The van der Waals surface area contributed by atoms with Gasteiger partial charge in [0, 0.05) is 31.0 Å². The summed E-state index contributed by atoms with van der Waals surface area (Å²) in [6, 6.07) is 8.44. The van der Waals surface area contributed by atoms with Crippen molar-refractivity contribution in [2.45, 2.75) is 12.8 Å². The van der Waals surface area contributed by atoms with Crippen LogP contribution in [0.5, 0.6) is 0 Å². The first-order chi connectivity index (χ1) is 12.0. The molecule has 0 unspecified atom stereocenters. The number of carboxylic acids is 1. The van der Waals surface area contributed by atoms with Gasteiger partial charge in [-0.2, -0.15) is 5.10 Å². The van der Waals surface area contributed by atoms with Crippen LogP contribution in [0.15, 0.2) is 48.8 Å². The first kappa shape index (κ1) is 16.9. The number of aromatic nitrogens is 2. The molecule has 0 amide bonds. The smallest absolute Gasteiger partial charge is 0.339 e. The van der Waals surface area contributed by atoms with Crippen LogP contribution in [0.2, 0.25) is 0 Å². The third-order valence-electron chi connectivity index (χ3n) is 3.99. The number of halogens is 2. The lowest BCUT2D eigenvalue weighted by atomic mass is 10.2. The van der Waals surface area contributed by atoms with E-state index in [4.69, 9.17) is 5.11 Å². The Bertz CT molecular complexity index is 872. The molecule has 0 aliphatic carbocycles. The summed E-state index contributed by atoms with van der Waals surface area (Å²) in [5.41, 5.74) is 1.99. The minimum Gasteiger partial charge on any atom is -0.478 e. The normalized spacial score (nSPS) is 13.6. The van der Waals surface area contributed by atoms with E-state index in [0.717, 1.165) is 24.8 Å². The third kappa shape index (κ3) is 3.93. The highest BCUT2D eigenvalue weighted by molar-refractivity contribution is 5.95. The fraction of sp³-hybridized carbons (Fsp3) is 0.222. The van der Waals surface area contributed by atoms with Crippen molar-refractivity contribution in [3.63, 3.8) is 0 Å². The van der Waals surface area contributed by atoms with E-state index in [1.54, 1.807) is 4.52 Å². The van der Waals surface area contributed by atoms with Crippen molar-refractivity contribution in [3.05, 3.63) is 66.0 Å². The number of fused-ring (bicyclic) bond motifs is 1. The van der Waals surface area contributed by atoms with Crippen molar-refractivity contribution in [1.82, 2.24) is 9.61 Å². The molecule has 0 radical (unpaired) electrons. The van der Waals surface area contributed by atoms with Gasteiger partial charge in [-0.1, -0.05) is 6.07 Å². The number of aromatic carboxylic acids is 1. The Morgan fingerprint density at radius 3 is 2.32 bits per heavy atom. The van der Waals surface area contributed by atoms with Gasteiger partial charge in [0.2, 0.25) is 0 Å². The van der Waals surface area contributed by atoms with Crippen LogP contribution >= 0.6 is 0 Å². The zero-order chi connectivity index (χ0) is 17.8. The fourth-order valence-corrected chi connectivity index (χ4v) is 2.77. The number of carbonyl (C=O) groups is 1. The summed E-state index contributed by atoms with van der Waals surface area (Å²) in [5, 5.41) is 13.1. The molecule has 1 N–H and O–H groups in total. The largest absolute Gasteiger partial charge is 0.478 e. The Balaban J connectivity index is 0.000000192. The first-order valence-corrected chi connectivity index (χ1v) is 7.91. The van der Waals surface area contributed by atoms with Gasteiger partial charge < -0.3 is 10.0 Å². The van der Waals surface area contributed by atoms with E-state index >= 15 is 0 Å². The number of hydrogen-bond donors (Lipinski definition) is 1. The minimum absolute atomic E-state index is 0.256. The number of nitrogens with zero attached hydrogens (tertiary/aromatic N) is 3. The predicted octanol–water partition coefficient (Wildman–Crippen LogP) is 3.60. The average molecular weight is 345 g/mol. The molecule has 0 saturated carbocycles. The molecule has 3 aromatic rings. The van der Waals surface area contributed by atoms with Crippen molar-refractivity contribution in [3.8, 4) is 0 Å². The van der Waals surface area contributed by atoms with Crippen molar-refractivity contribution in [1.29, 1.82) is 0 Å². The molecular weight excluding hydrogens is 328 g/mol. The van der Waals surface area contributed by atoms with Gasteiger partial charge in [-0.05, 0) is 37.1 Å². The summed E-state index contributed by atoms with van der Waals surface area (Å²) in [6.07, 6.45) is 5.62. The first-order valence-electron chi connectivity index (χ1n) is 7.91. The number of benzene rings is 1. The minimum atomic E-state index is -0.932. The molecule has 4 rings (SSSR count). The molecule has 2 aromatic heterocycles. The standard InChI is InChI=1S/C12H13N3O2.C6H4F2/c16-12(17)10-8-13-15-6-3-9(7-11(10)15)14-4-1-2-5-14;7-5-2-1-3-6(8)4-5/h3,6-8H,1-2,4-5H2,(H,16,17);1-4H. The van der Waals surface area contributed by atoms with E-state index in [1.165, 1.54) is 37.2 Å². The van der Waals surface area contributed by atoms with Crippen LogP contribution in [-0.2, 0) is 0 Å². The van der Waals surface area contributed by atoms with Crippen LogP contribution in [0, 0.1) is 11.6 Å². The van der Waals surface area contributed by atoms with Crippen LogP contribution in [0.3, 0.4) is 0 Å². The number of hydrogen-bond acceptors (Lipinski definition) is 3. The summed E-state index contributed by atoms with van der Waals surface area (Å²) in [5.74, 6) is -2.01. The molecule has 0 bridgehead atoms. The topological polar surface area (TPSA) is 57.8 Å². The molecule has 1 aromatic carbocycles. The van der Waals surface area contributed by atoms with Crippen molar-refractivity contribution >= 4 is 17.2 Å². The summed E-state index contributed by atoms with van der Waals surface area (Å²) in [6.45, 7) is 2.10. The van der Waals surface area contributed by atoms with Gasteiger partial charge in [0.05, 0.1) is 11.7 Å². The second-order valence-corrected chi connectivity index (χ2v) is 5.71. The number of rotatable bonds is 2. The van der Waals surface area contributed by atoms with Crippen LogP contribution in [-0.4, -0.2) is 33.8 Å². The van der Waals surface area contributed by atoms with Crippen molar-refractivity contribution < 1.29 is 18.7 Å². The number of carboxylic acid groups (broad SMARTS) is 1. The maximum atomic E-state index is 11.9. The highest BCUT2D eigenvalue weighted by Gasteiger charge is 2.15. The van der Waals surface area contributed by atoms with Crippen LogP contribution in [0.25, 0.3) is 5.52 Å². The molecule has 1 aliphatic heterocycles. The zero-order valence-electron chi connectivity index (χ0n) is 13.4. The molecule has 1 saturated heterocycles. The molecule has 0 spiro atoms. The van der Waals surface area contributed by atoms with E-state index < -0.39 is 17.6 Å². The molecular formula is C18H17F2N3O2. The van der Waals surface area contributed by atoms with Crippen LogP contribution in [0.4, 0.5) is 14.5 Å². The van der Waals surface area contributed by atoms with E-state index in [1.807, 2.05) is 18.3 Å². The average Bonchev–Trinajstić information content (AvgIpc) is 3.24. The summed E-state index contributed by atoms with van der Waals surface area (Å²) in [7, 11) is 0. The van der Waals surface area contributed by atoms with Gasteiger partial charge in [0.25, 0.3) is 0 Å². The second kappa shape index (κ2) is 7.29. The van der Waals surface area contributed by atoms with Gasteiger partial charge >= 0.3 is 5.97 Å². The Morgan fingerprint density at radius 1 is 1.08 bits per heavy atom. The highest BCUT2D eigenvalue weighted by Crippen LogP contribution is 2.23. The SMILES string of the molecule is Fc1cccc(F)c1.O=C(O)c1cnn2ccc(N3CCCC3)cc12. The lowest BCUT2D eigenvalue weighted by Crippen LogP contribution is -2.17. The molecule has 25 heavy (non-hydrogen) atoms. The van der Waals surface area contributed by atoms with Gasteiger partial charge in [0.15, 0.2) is 0 Å². The van der Waals surface area contributed by atoms with E-state index in [2.05, 4.69) is 10.00 Å². The van der Waals surface area contributed by atoms with Gasteiger partial charge in [-0.25, -0.2) is 18.1 Å². The Morgan fingerprint density at radius 2 is 1.76 bits per heavy atom. The summed E-state index contributed by atoms with van der Waals surface area (Å²) >= 11 is 0. The predicted molar refractivity (Wildman–Crippen MR) is 90.0 cm³/mol. The summed E-state index contributed by atoms with van der Waals surface area (Å²) in [4.78, 5) is 13.3. The Kier molecular flexibility index (Phi) is 4.92. The van der Waals surface area contributed by atoms with Crippen LogP contribution in [0.1, 0.15) is 23.2 Å². The number of anilines is 1. The van der Waals surface area contributed by atoms with E-state index in [-0.39, 0.29) is 5.56 Å². The third-order valence-corrected chi connectivity index (χ3v) is 3.99. The lowest BCUT2D eigenvalue weighted by molar-refractivity contribution is 0.0699. The van der Waals surface area contributed by atoms with Crippen molar-refractivity contribution in [2.24, 2.45) is 0 Å². The monoisotopic (exact) mass is 345 g/mol. The Hall–Kier alpha value is -2.96. The highest BCUT2D eigenvalue weighted by atomic mass is 19.1. The quantitative estimate of drug-likeness (QED) is 0.771.